The van der Waals surface area contributed by atoms with Crippen LogP contribution in [0.15, 0.2) is 47.6 Å². The molecule has 0 bridgehead atoms. The molecule has 0 radical (unpaired) electrons. The van der Waals surface area contributed by atoms with Gasteiger partial charge in [0.15, 0.2) is 5.82 Å². The number of imidazole rings is 1. The van der Waals surface area contributed by atoms with E-state index in [0.29, 0.717) is 34.4 Å². The Morgan fingerprint density at radius 3 is 2.53 bits per heavy atom. The fourth-order valence-corrected chi connectivity index (χ4v) is 4.43. The molecule has 0 spiro atoms. The van der Waals surface area contributed by atoms with Crippen LogP contribution in [0, 0.1) is 20.8 Å². The van der Waals surface area contributed by atoms with Crippen molar-refractivity contribution in [1.82, 2.24) is 19.7 Å². The van der Waals surface area contributed by atoms with Crippen molar-refractivity contribution in [1.29, 1.82) is 0 Å². The van der Waals surface area contributed by atoms with Crippen molar-refractivity contribution in [2.45, 2.75) is 40.3 Å². The van der Waals surface area contributed by atoms with Crippen molar-refractivity contribution in [3.8, 4) is 39.7 Å². The lowest BCUT2D eigenvalue weighted by atomic mass is 9.95. The number of aromatic nitrogens is 4. The smallest absolute Gasteiger partial charge is 0.345 e. The molecule has 0 N–H and O–H groups in total. The molecular formula is C27H28F2N4O3. The van der Waals surface area contributed by atoms with Crippen LogP contribution < -0.4 is 4.74 Å². The van der Waals surface area contributed by atoms with Crippen LogP contribution in [-0.2, 0) is 4.74 Å². The summed E-state index contributed by atoms with van der Waals surface area (Å²) in [4.78, 5) is 9.24. The summed E-state index contributed by atoms with van der Waals surface area (Å²) in [6, 6.07) is 8.91. The van der Waals surface area contributed by atoms with E-state index in [-0.39, 0.29) is 6.61 Å². The van der Waals surface area contributed by atoms with Crippen LogP contribution in [0.2, 0.25) is 0 Å². The van der Waals surface area contributed by atoms with Crippen molar-refractivity contribution >= 4 is 6.08 Å². The van der Waals surface area contributed by atoms with Crippen molar-refractivity contribution in [2.75, 3.05) is 13.7 Å². The summed E-state index contributed by atoms with van der Waals surface area (Å²) in [5, 5.41) is 4.07. The molecule has 188 valence electrons. The van der Waals surface area contributed by atoms with Gasteiger partial charge in [0, 0.05) is 17.3 Å². The number of rotatable bonds is 9. The average molecular weight is 495 g/mol. The Kier molecular flexibility index (Phi) is 7.30. The highest BCUT2D eigenvalue weighted by Crippen LogP contribution is 2.42. The minimum Gasteiger partial charge on any atom is -0.496 e. The summed E-state index contributed by atoms with van der Waals surface area (Å²) < 4.78 is 43.6. The van der Waals surface area contributed by atoms with E-state index < -0.39 is 12.7 Å². The molecule has 7 nitrogen and oxygen atoms in total. The van der Waals surface area contributed by atoms with E-state index in [1.165, 1.54) is 0 Å². The molecule has 4 rings (SSSR count). The van der Waals surface area contributed by atoms with Gasteiger partial charge in [0.2, 0.25) is 0 Å². The Bertz CT molecular complexity index is 1360. The van der Waals surface area contributed by atoms with Gasteiger partial charge < -0.3 is 18.6 Å². The topological polar surface area (TPSA) is 75.2 Å². The second-order valence-electron chi connectivity index (χ2n) is 8.47. The molecule has 0 saturated carbocycles. The van der Waals surface area contributed by atoms with Crippen molar-refractivity contribution < 1.29 is 22.8 Å². The van der Waals surface area contributed by atoms with Gasteiger partial charge in [-0.25, -0.2) is 4.98 Å². The molecule has 0 aliphatic heterocycles. The second kappa shape index (κ2) is 10.4. The van der Waals surface area contributed by atoms with Crippen molar-refractivity contribution in [2.24, 2.45) is 0 Å². The van der Waals surface area contributed by atoms with Crippen LogP contribution >= 0.6 is 0 Å². The van der Waals surface area contributed by atoms with E-state index in [4.69, 9.17) is 14.2 Å². The van der Waals surface area contributed by atoms with Gasteiger partial charge in [0.25, 0.3) is 0 Å². The lowest BCUT2D eigenvalue weighted by Gasteiger charge is -2.22. The minimum absolute atomic E-state index is 0.217. The van der Waals surface area contributed by atoms with Crippen LogP contribution in [-0.4, -0.2) is 40.0 Å². The van der Waals surface area contributed by atoms with Crippen LogP contribution in [0.3, 0.4) is 0 Å². The summed E-state index contributed by atoms with van der Waals surface area (Å²) in [6.45, 7) is 8.36. The fraction of sp³-hybridized carbons (Fsp3) is 0.296. The van der Waals surface area contributed by atoms with Gasteiger partial charge >= 0.3 is 6.61 Å². The molecule has 3 aromatic heterocycles. The van der Waals surface area contributed by atoms with Crippen molar-refractivity contribution in [3.63, 3.8) is 0 Å². The molecule has 0 fully saturated rings. The SMILES string of the molecule is C=Cc1nc(-c2ccccn2)n([C@@H](C)COC(F)F)c1-c1cc(OC)c(-c2c(C)noc2C)cc1C. The highest BCUT2D eigenvalue weighted by molar-refractivity contribution is 5.83. The molecule has 9 heteroatoms. The maximum absolute atomic E-state index is 12.9. The Hall–Kier alpha value is -3.85. The number of methoxy groups -OCH3 is 1. The molecule has 1 atom stereocenters. The van der Waals surface area contributed by atoms with Gasteiger partial charge in [-0.15, -0.1) is 0 Å². The zero-order valence-electron chi connectivity index (χ0n) is 20.9. The highest BCUT2D eigenvalue weighted by atomic mass is 19.3. The number of benzene rings is 1. The lowest BCUT2D eigenvalue weighted by Crippen LogP contribution is -2.17. The molecule has 0 aliphatic carbocycles. The molecule has 0 unspecified atom stereocenters. The molecule has 3 heterocycles. The number of pyridine rings is 1. The minimum atomic E-state index is -2.88. The first-order chi connectivity index (χ1) is 17.3. The van der Waals surface area contributed by atoms with Crippen molar-refractivity contribution in [3.05, 3.63) is 65.8 Å². The standard InChI is InChI=1S/C27H28F2N4O3/c1-7-21-25(19-13-23(34-6)20(12-15(19)2)24-17(4)32-36-18(24)5)33(16(3)14-35-27(28)29)26(31-21)22-10-8-9-11-30-22/h7-13,16,27H,1,14H2,2-6H3/t16-/m0/s1. The van der Waals surface area contributed by atoms with Crippen LogP contribution in [0.1, 0.15) is 35.7 Å². The number of hydrogen-bond acceptors (Lipinski definition) is 6. The van der Waals surface area contributed by atoms with Gasteiger partial charge in [-0.3, -0.25) is 4.98 Å². The first-order valence-electron chi connectivity index (χ1n) is 11.4. The molecule has 4 aromatic rings. The largest absolute Gasteiger partial charge is 0.496 e. The number of ether oxygens (including phenoxy) is 2. The Morgan fingerprint density at radius 2 is 1.94 bits per heavy atom. The molecule has 0 amide bonds. The van der Waals surface area contributed by atoms with E-state index in [0.717, 1.165) is 27.9 Å². The van der Waals surface area contributed by atoms with Gasteiger partial charge in [-0.1, -0.05) is 17.8 Å². The number of halogens is 2. The van der Waals surface area contributed by atoms with E-state index >= 15 is 0 Å². The predicted molar refractivity (Wildman–Crippen MR) is 134 cm³/mol. The highest BCUT2D eigenvalue weighted by Gasteiger charge is 2.26. The van der Waals surface area contributed by atoms with E-state index in [2.05, 4.69) is 21.5 Å². The van der Waals surface area contributed by atoms with Gasteiger partial charge in [-0.2, -0.15) is 8.78 Å². The quantitative estimate of drug-likeness (QED) is 0.260. The average Bonchev–Trinajstić information content (AvgIpc) is 3.42. The molecule has 0 aliphatic rings. The summed E-state index contributed by atoms with van der Waals surface area (Å²) in [7, 11) is 1.60. The predicted octanol–water partition coefficient (Wildman–Crippen LogP) is 6.64. The maximum atomic E-state index is 12.9. The monoisotopic (exact) mass is 494 g/mol. The molecular weight excluding hydrogens is 466 g/mol. The van der Waals surface area contributed by atoms with E-state index in [1.807, 2.05) is 49.6 Å². The van der Waals surface area contributed by atoms with E-state index in [9.17, 15) is 8.78 Å². The summed E-state index contributed by atoms with van der Waals surface area (Å²) in [6.07, 6.45) is 3.31. The fourth-order valence-electron chi connectivity index (χ4n) is 4.43. The normalized spacial score (nSPS) is 12.2. The third-order valence-electron chi connectivity index (χ3n) is 6.03. The second-order valence-corrected chi connectivity index (χ2v) is 8.47. The van der Waals surface area contributed by atoms with Gasteiger partial charge in [0.05, 0.1) is 42.4 Å². The van der Waals surface area contributed by atoms with Gasteiger partial charge in [-0.05, 0) is 63.6 Å². The third kappa shape index (κ3) is 4.66. The number of hydrogen-bond donors (Lipinski definition) is 0. The van der Waals surface area contributed by atoms with Crippen LogP contribution in [0.25, 0.3) is 40.0 Å². The lowest BCUT2D eigenvalue weighted by molar-refractivity contribution is -0.135. The number of alkyl halides is 2. The Morgan fingerprint density at radius 1 is 1.17 bits per heavy atom. The first-order valence-corrected chi connectivity index (χ1v) is 11.4. The van der Waals surface area contributed by atoms with E-state index in [1.54, 1.807) is 32.4 Å². The third-order valence-corrected chi connectivity index (χ3v) is 6.03. The number of nitrogens with zero attached hydrogens (tertiary/aromatic N) is 4. The zero-order valence-corrected chi connectivity index (χ0v) is 20.9. The van der Waals surface area contributed by atoms with Crippen LogP contribution in [0.5, 0.6) is 5.75 Å². The molecule has 1 aromatic carbocycles. The zero-order chi connectivity index (χ0) is 26.0. The Labute approximate surface area is 208 Å². The summed E-state index contributed by atoms with van der Waals surface area (Å²) in [5.41, 5.74) is 6.11. The molecule has 36 heavy (non-hydrogen) atoms. The first kappa shape index (κ1) is 25.2. The summed E-state index contributed by atoms with van der Waals surface area (Å²) in [5.74, 6) is 1.83. The van der Waals surface area contributed by atoms with Gasteiger partial charge in [0.1, 0.15) is 17.2 Å². The van der Waals surface area contributed by atoms with Crippen LogP contribution in [0.4, 0.5) is 8.78 Å². The number of aryl methyl sites for hydroxylation is 3. The Balaban J connectivity index is 1.97. The summed E-state index contributed by atoms with van der Waals surface area (Å²) >= 11 is 0. The maximum Gasteiger partial charge on any atom is 0.345 e. The molecule has 0 saturated heterocycles.